The molecule has 2 saturated heterocycles. The van der Waals surface area contributed by atoms with Crippen molar-refractivity contribution in [2.24, 2.45) is 0 Å². The second-order valence-corrected chi connectivity index (χ2v) is 32.3. The summed E-state index contributed by atoms with van der Waals surface area (Å²) in [6.07, 6.45) is -4.30. The Balaban J connectivity index is 0.445. The van der Waals surface area contributed by atoms with Gasteiger partial charge in [-0.1, -0.05) is 121 Å². The normalized spacial score (nSPS) is 12.9. The number of carbonyl (C=O) groups excluding carboxylic acids is 12. The SMILES string of the molecule is CC(COC(=O)Nc1cccc(Cc2cccc(NC(=O)OCCCCOC(=O)Nc3cccc(Cc4cccc(NC(=O)OCCOCCOC(=O)CCCCC(=O)OC(=O)Nc5cccc(Cc6cccc(NC(=O)OCCCOC(=O)Nc7cccc(Cc8cccc(NC(=O)OCC9CO9)c8)c7)c6)c5)c4)c3)c2)c1)(OC(=O)Nc1cccc(Cc2cccc(NC(=O)OCC3CO3)c2)c1)C(=O)O. The number of benzene rings is 10. The minimum Gasteiger partial charge on any atom is -0.478 e. The standard InChI is InChI=1S/C102H106N10O28/c1-102(91(115)116,140-101(126)112-86-36-15-26-76(61-86)51-73-23-12-33-83(58-73)109-98(123)137-65-88-63-135-88)66-138-99(124)110-84-34-13-24-74(59-84)49-69-18-7-28-78(53-69)104-93(118)130-40-5-4-39-129-92(117)103-77-27-6-17-67(52-77)47-70-21-10-31-81(56-70)107-96(121)133-46-44-127-43-45-128-89(113)37-2-3-38-90(114)139-100(125)111-85-35-14-25-75(60-85)50-71-20-9-30-80(55-71)106-95(120)132-42-16-41-131-94(119)105-79-29-8-19-68(54-79)48-72-22-11-32-82(57-72)108-97(122)136-64-87-62-134-87/h6-15,17-36,52-61,87-88H,2-5,16,37-51,62-66H2,1H3,(H,103,117)(H,104,118)(H,105,119)(H,106,120)(H,107,121)(H,108,122)(H,109,123)(H,110,124)(H,111,125)(H,112,126)(H,115,116). The van der Waals surface area contributed by atoms with Gasteiger partial charge in [-0.2, -0.15) is 0 Å². The van der Waals surface area contributed by atoms with Crippen LogP contribution in [0.15, 0.2) is 243 Å². The predicted octanol–water partition coefficient (Wildman–Crippen LogP) is 18.4. The van der Waals surface area contributed by atoms with Gasteiger partial charge in [-0.25, -0.2) is 52.7 Å². The van der Waals surface area contributed by atoms with Crippen molar-refractivity contribution in [3.8, 4) is 0 Å². The maximum atomic E-state index is 13.1. The monoisotopic (exact) mass is 1920 g/mol. The van der Waals surface area contributed by atoms with Gasteiger partial charge in [0.25, 0.3) is 0 Å². The van der Waals surface area contributed by atoms with Gasteiger partial charge in [-0.3, -0.25) is 62.8 Å². The molecule has 0 bridgehead atoms. The number of rotatable bonds is 48. The van der Waals surface area contributed by atoms with Crippen LogP contribution in [0.1, 0.15) is 108 Å². The van der Waals surface area contributed by atoms with Gasteiger partial charge in [0, 0.05) is 76.1 Å². The van der Waals surface area contributed by atoms with Crippen LogP contribution in [0.2, 0.25) is 0 Å². The van der Waals surface area contributed by atoms with E-state index in [-0.39, 0.29) is 110 Å². The fourth-order valence-corrected chi connectivity index (χ4v) is 13.7. The second-order valence-electron chi connectivity index (χ2n) is 32.3. The lowest BCUT2D eigenvalue weighted by atomic mass is 10.0. The van der Waals surface area contributed by atoms with Crippen LogP contribution in [0.5, 0.6) is 0 Å². The number of epoxide rings is 2. The number of esters is 2. The van der Waals surface area contributed by atoms with E-state index in [1.165, 1.54) is 0 Å². The third-order valence-corrected chi connectivity index (χ3v) is 20.6. The van der Waals surface area contributed by atoms with Crippen LogP contribution in [0.3, 0.4) is 0 Å². The first-order valence-corrected chi connectivity index (χ1v) is 44.9. The molecule has 2 fully saturated rings. The lowest BCUT2D eigenvalue weighted by molar-refractivity contribution is -0.160. The zero-order valence-electron chi connectivity index (χ0n) is 76.4. The molecule has 0 spiro atoms. The summed E-state index contributed by atoms with van der Waals surface area (Å²) in [5.41, 5.74) is 10.5. The second kappa shape index (κ2) is 53.6. The van der Waals surface area contributed by atoms with Crippen molar-refractivity contribution in [1.29, 1.82) is 0 Å². The van der Waals surface area contributed by atoms with E-state index in [4.69, 9.17) is 66.3 Å². The largest absolute Gasteiger partial charge is 0.478 e. The van der Waals surface area contributed by atoms with Crippen molar-refractivity contribution in [3.63, 3.8) is 0 Å². The molecule has 732 valence electrons. The quantitative estimate of drug-likeness (QED) is 0.00555. The first-order chi connectivity index (χ1) is 67.8. The zero-order chi connectivity index (χ0) is 98.6. The molecule has 10 amide bonds. The van der Waals surface area contributed by atoms with Gasteiger partial charge in [-0.05, 0) is 242 Å². The summed E-state index contributed by atoms with van der Waals surface area (Å²) in [4.78, 5) is 164. The van der Waals surface area contributed by atoms with Gasteiger partial charge in [0.1, 0.15) is 45.2 Å². The number of carboxylic acid groups (broad SMARTS) is 1. The molecule has 2 heterocycles. The number of nitrogens with one attached hydrogen (secondary N) is 10. The van der Waals surface area contributed by atoms with E-state index in [0.29, 0.717) is 115 Å². The van der Waals surface area contributed by atoms with Crippen LogP contribution < -0.4 is 53.2 Å². The van der Waals surface area contributed by atoms with E-state index >= 15 is 0 Å². The van der Waals surface area contributed by atoms with Crippen molar-refractivity contribution >= 4 is 136 Å². The molecular formula is C102H106N10O28. The maximum absolute atomic E-state index is 13.1. The van der Waals surface area contributed by atoms with Crippen molar-refractivity contribution in [3.05, 3.63) is 298 Å². The molecule has 3 unspecified atom stereocenters. The molecule has 10 aromatic rings. The third kappa shape index (κ3) is 38.3. The van der Waals surface area contributed by atoms with Gasteiger partial charge in [0.05, 0.1) is 52.9 Å². The number of hydrogen-bond donors (Lipinski definition) is 11. The lowest BCUT2D eigenvalue weighted by Gasteiger charge is -2.24. The molecule has 140 heavy (non-hydrogen) atoms. The van der Waals surface area contributed by atoms with Crippen LogP contribution >= 0.6 is 0 Å². The summed E-state index contributed by atoms with van der Waals surface area (Å²) in [5.74, 6) is -2.88. The Morgan fingerprint density at radius 1 is 0.279 bits per heavy atom. The summed E-state index contributed by atoms with van der Waals surface area (Å²) in [6.45, 7) is 1.67. The van der Waals surface area contributed by atoms with Gasteiger partial charge in [-0.15, -0.1) is 0 Å². The lowest BCUT2D eigenvalue weighted by Crippen LogP contribution is -2.46. The summed E-state index contributed by atoms with van der Waals surface area (Å²) in [6, 6.07) is 70.6. The molecular weight excluding hydrogens is 1810 g/mol. The Hall–Kier alpha value is -16.6. The van der Waals surface area contributed by atoms with E-state index in [2.05, 4.69) is 53.2 Å². The molecule has 3 atom stereocenters. The number of ether oxygens (including phenoxy) is 14. The van der Waals surface area contributed by atoms with Gasteiger partial charge >= 0.3 is 78.8 Å². The highest BCUT2D eigenvalue weighted by Crippen LogP contribution is 2.28. The fourth-order valence-electron chi connectivity index (χ4n) is 13.7. The Kier molecular flexibility index (Phi) is 39.2. The van der Waals surface area contributed by atoms with Crippen molar-refractivity contribution < 1.29 is 134 Å². The number of aliphatic carboxylic acids is 1. The Morgan fingerprint density at radius 2 is 0.514 bits per heavy atom. The molecule has 10 aromatic carbocycles. The smallest absolute Gasteiger partial charge is 0.419 e. The average molecular weight is 1920 g/mol. The van der Waals surface area contributed by atoms with Crippen molar-refractivity contribution in [2.75, 3.05) is 139 Å². The summed E-state index contributed by atoms with van der Waals surface area (Å²) < 4.78 is 73.3. The highest BCUT2D eigenvalue weighted by atomic mass is 16.6. The highest BCUT2D eigenvalue weighted by Gasteiger charge is 2.40. The van der Waals surface area contributed by atoms with Crippen LogP contribution in [0.4, 0.5) is 105 Å². The molecule has 2 aliphatic rings. The zero-order valence-corrected chi connectivity index (χ0v) is 76.4. The summed E-state index contributed by atoms with van der Waals surface area (Å²) >= 11 is 0. The maximum Gasteiger partial charge on any atom is 0.419 e. The molecule has 0 saturated carbocycles. The van der Waals surface area contributed by atoms with Crippen LogP contribution in [0.25, 0.3) is 0 Å². The molecule has 0 aromatic heterocycles. The average Bonchev–Trinajstić information content (AvgIpc) is 1.19. The highest BCUT2D eigenvalue weighted by molar-refractivity contribution is 5.94. The van der Waals surface area contributed by atoms with Crippen molar-refractivity contribution in [1.82, 2.24) is 0 Å². The van der Waals surface area contributed by atoms with Gasteiger partial charge in [0.15, 0.2) is 0 Å². The minimum absolute atomic E-state index is 0.000330. The molecule has 38 nitrogen and oxygen atoms in total. The Bertz CT molecular complexity index is 5970. The number of anilines is 10. The van der Waals surface area contributed by atoms with Gasteiger partial charge in [0.2, 0.25) is 5.60 Å². The van der Waals surface area contributed by atoms with Crippen molar-refractivity contribution in [2.45, 2.75) is 102 Å². The van der Waals surface area contributed by atoms with Crippen LogP contribution in [-0.2, 0) is 113 Å². The Morgan fingerprint density at radius 3 is 0.793 bits per heavy atom. The Labute approximate surface area is 804 Å². The fraction of sp³-hybridized carbons (Fsp3) is 0.284. The topological polar surface area (TPSA) is 498 Å². The summed E-state index contributed by atoms with van der Waals surface area (Å²) in [5, 5.41) is 36.7. The molecule has 11 N–H and O–H groups in total. The van der Waals surface area contributed by atoms with Gasteiger partial charge < -0.3 is 71.4 Å². The number of unbranched alkanes of at least 4 members (excludes halogenated alkanes) is 2. The number of amides is 10. The number of carbonyl (C=O) groups is 13. The molecule has 38 heteroatoms. The van der Waals surface area contributed by atoms with E-state index in [1.54, 1.807) is 164 Å². The summed E-state index contributed by atoms with van der Waals surface area (Å²) in [7, 11) is 0. The first-order valence-electron chi connectivity index (χ1n) is 44.9. The minimum atomic E-state index is -2.29. The van der Waals surface area contributed by atoms with E-state index in [1.807, 2.05) is 78.9 Å². The predicted molar refractivity (Wildman–Crippen MR) is 513 cm³/mol. The molecule has 0 radical (unpaired) electrons. The van der Waals surface area contributed by atoms with Crippen LogP contribution in [-0.4, -0.2) is 188 Å². The first kappa shape index (κ1) is 102. The number of hydrogen-bond acceptors (Lipinski definition) is 27. The third-order valence-electron chi connectivity index (χ3n) is 20.6. The van der Waals surface area contributed by atoms with E-state index < -0.39 is 91.0 Å². The van der Waals surface area contributed by atoms with E-state index in [0.717, 1.165) is 62.6 Å². The number of carboxylic acids is 1. The molecule has 0 aliphatic carbocycles. The molecule has 2 aliphatic heterocycles. The van der Waals surface area contributed by atoms with Crippen LogP contribution in [0, 0.1) is 0 Å². The van der Waals surface area contributed by atoms with E-state index in [9.17, 15) is 67.4 Å². The molecule has 12 rings (SSSR count).